The summed E-state index contributed by atoms with van der Waals surface area (Å²) in [4.78, 5) is 14.4. The lowest BCUT2D eigenvalue weighted by atomic mass is 9.80. The number of fused-ring (bicyclic) bond motifs is 2. The number of thiol groups is 2. The summed E-state index contributed by atoms with van der Waals surface area (Å²) in [5.41, 5.74) is 11.5. The van der Waals surface area contributed by atoms with E-state index < -0.39 is 0 Å². The molecule has 0 atom stereocenters. The van der Waals surface area contributed by atoms with Crippen LogP contribution in [-0.2, 0) is 0 Å². The summed E-state index contributed by atoms with van der Waals surface area (Å²) in [6, 6.07) is 16.9. The molecule has 0 unspecified atom stereocenters. The maximum Gasteiger partial charge on any atom is 0.196 e. The topological polar surface area (TPSA) is 55.1 Å². The van der Waals surface area contributed by atoms with Gasteiger partial charge in [-0.15, -0.1) is 25.3 Å². The Labute approximate surface area is 162 Å². The molecular formula is C21H16N2OS2. The average Bonchev–Trinajstić information content (AvgIpc) is 2.64. The number of benzene rings is 3. The van der Waals surface area contributed by atoms with E-state index in [1.807, 2.05) is 48.5 Å². The van der Waals surface area contributed by atoms with Gasteiger partial charge in [-0.05, 0) is 29.3 Å². The molecule has 3 aromatic carbocycles. The minimum atomic E-state index is -0.112. The van der Waals surface area contributed by atoms with Gasteiger partial charge in [0.1, 0.15) is 0 Å². The molecule has 3 N–H and O–H groups in total. The van der Waals surface area contributed by atoms with Crippen molar-refractivity contribution in [3.63, 3.8) is 0 Å². The lowest BCUT2D eigenvalue weighted by Crippen LogP contribution is -2.18. The van der Waals surface area contributed by atoms with Gasteiger partial charge < -0.3 is 11.1 Å². The predicted molar refractivity (Wildman–Crippen MR) is 113 cm³/mol. The van der Waals surface area contributed by atoms with Gasteiger partial charge in [0.25, 0.3) is 0 Å². The van der Waals surface area contributed by atoms with Gasteiger partial charge in [0, 0.05) is 26.6 Å². The standard InChI is InChI=1S/C21H16N2OS2/c1-11-12-6-2-3-7-13(12)21(24)19-18(11)15(10-17(26)20(19)22)23-14-8-4-5-9-16(14)25/h2-10,23,25-26H,1,22H2. The number of rotatable bonds is 2. The van der Waals surface area contributed by atoms with Crippen LogP contribution in [0.15, 0.2) is 71.0 Å². The SMILES string of the molecule is C=C1c2ccccc2C(=O)c2c(N)c(S)cc(Nc3ccccc3S)c21. The Morgan fingerprint density at radius 3 is 2.23 bits per heavy atom. The minimum absolute atomic E-state index is 0.112. The molecule has 0 saturated heterocycles. The number of para-hydroxylation sites is 1. The molecular weight excluding hydrogens is 360 g/mol. The average molecular weight is 377 g/mol. The zero-order valence-corrected chi connectivity index (χ0v) is 15.6. The summed E-state index contributed by atoms with van der Waals surface area (Å²) in [7, 11) is 0. The van der Waals surface area contributed by atoms with Gasteiger partial charge in [0.15, 0.2) is 5.78 Å². The van der Waals surface area contributed by atoms with Gasteiger partial charge in [-0.2, -0.15) is 0 Å². The van der Waals surface area contributed by atoms with Crippen molar-refractivity contribution < 1.29 is 4.79 Å². The van der Waals surface area contributed by atoms with Crippen molar-refractivity contribution >= 4 is 53.7 Å². The molecule has 5 heteroatoms. The molecule has 1 aliphatic rings. The normalized spacial score (nSPS) is 12.5. The molecule has 1 aliphatic carbocycles. The van der Waals surface area contributed by atoms with Crippen LogP contribution in [0.5, 0.6) is 0 Å². The van der Waals surface area contributed by atoms with Gasteiger partial charge in [-0.1, -0.05) is 43.0 Å². The molecule has 0 saturated carbocycles. The van der Waals surface area contributed by atoms with E-state index >= 15 is 0 Å². The lowest BCUT2D eigenvalue weighted by molar-refractivity contribution is 0.103. The molecule has 0 fully saturated rings. The van der Waals surface area contributed by atoms with E-state index in [0.717, 1.165) is 27.4 Å². The largest absolute Gasteiger partial charge is 0.397 e. The highest BCUT2D eigenvalue weighted by molar-refractivity contribution is 7.80. The molecule has 0 aliphatic heterocycles. The third kappa shape index (κ3) is 2.52. The number of hydrogen-bond donors (Lipinski definition) is 4. The van der Waals surface area contributed by atoms with Crippen LogP contribution in [0.4, 0.5) is 17.1 Å². The molecule has 0 bridgehead atoms. The Bertz CT molecular complexity index is 1090. The second kappa shape index (κ2) is 6.27. The molecule has 0 spiro atoms. The van der Waals surface area contributed by atoms with E-state index in [2.05, 4.69) is 37.2 Å². The highest BCUT2D eigenvalue weighted by Crippen LogP contribution is 2.44. The molecule has 0 radical (unpaired) electrons. The number of nitrogens with one attached hydrogen (secondary N) is 1. The fourth-order valence-electron chi connectivity index (χ4n) is 3.27. The second-order valence-corrected chi connectivity index (χ2v) is 7.07. The van der Waals surface area contributed by atoms with Crippen LogP contribution in [0.1, 0.15) is 27.0 Å². The smallest absolute Gasteiger partial charge is 0.196 e. The Morgan fingerprint density at radius 2 is 1.50 bits per heavy atom. The number of nitrogen functional groups attached to an aromatic ring is 1. The van der Waals surface area contributed by atoms with Crippen molar-refractivity contribution in [2.45, 2.75) is 9.79 Å². The number of carbonyl (C=O) groups is 1. The molecule has 26 heavy (non-hydrogen) atoms. The molecule has 0 amide bonds. The van der Waals surface area contributed by atoms with E-state index in [1.54, 1.807) is 6.07 Å². The minimum Gasteiger partial charge on any atom is -0.397 e. The van der Waals surface area contributed by atoms with E-state index in [-0.39, 0.29) is 5.78 Å². The van der Waals surface area contributed by atoms with E-state index in [4.69, 9.17) is 5.73 Å². The Balaban J connectivity index is 1.96. The van der Waals surface area contributed by atoms with E-state index in [0.29, 0.717) is 27.3 Å². The van der Waals surface area contributed by atoms with Crippen molar-refractivity contribution in [2.75, 3.05) is 11.1 Å². The third-order valence-electron chi connectivity index (χ3n) is 4.54. The quantitative estimate of drug-likeness (QED) is 0.287. The Morgan fingerprint density at radius 1 is 0.846 bits per heavy atom. The predicted octanol–water partition coefficient (Wildman–Crippen LogP) is 5.20. The number of ketones is 1. The molecule has 128 valence electrons. The summed E-state index contributed by atoms with van der Waals surface area (Å²) < 4.78 is 0. The Kier molecular flexibility index (Phi) is 4.05. The molecule has 3 aromatic rings. The summed E-state index contributed by atoms with van der Waals surface area (Å²) >= 11 is 8.96. The van der Waals surface area contributed by atoms with Crippen molar-refractivity contribution in [1.29, 1.82) is 0 Å². The first-order valence-corrected chi connectivity index (χ1v) is 8.92. The zero-order valence-electron chi connectivity index (χ0n) is 13.8. The molecule has 4 rings (SSSR count). The van der Waals surface area contributed by atoms with E-state index in [9.17, 15) is 4.79 Å². The maximum absolute atomic E-state index is 13.1. The lowest BCUT2D eigenvalue weighted by Gasteiger charge is -2.26. The van der Waals surface area contributed by atoms with Gasteiger partial charge in [0.2, 0.25) is 0 Å². The van der Waals surface area contributed by atoms with Gasteiger partial charge in [-0.3, -0.25) is 4.79 Å². The first-order valence-electron chi connectivity index (χ1n) is 8.03. The van der Waals surface area contributed by atoms with E-state index in [1.165, 1.54) is 0 Å². The highest BCUT2D eigenvalue weighted by Gasteiger charge is 2.31. The zero-order chi connectivity index (χ0) is 18.4. The maximum atomic E-state index is 13.1. The van der Waals surface area contributed by atoms with Crippen LogP contribution in [0.25, 0.3) is 5.57 Å². The van der Waals surface area contributed by atoms with Crippen LogP contribution >= 0.6 is 25.3 Å². The fraction of sp³-hybridized carbons (Fsp3) is 0. The van der Waals surface area contributed by atoms with Crippen LogP contribution in [0.2, 0.25) is 0 Å². The Hall–Kier alpha value is -2.63. The summed E-state index contributed by atoms with van der Waals surface area (Å²) in [5, 5.41) is 3.36. The summed E-state index contributed by atoms with van der Waals surface area (Å²) in [6.07, 6.45) is 0. The second-order valence-electron chi connectivity index (χ2n) is 6.10. The van der Waals surface area contributed by atoms with Gasteiger partial charge >= 0.3 is 0 Å². The first-order chi connectivity index (χ1) is 12.5. The van der Waals surface area contributed by atoms with Crippen LogP contribution < -0.4 is 11.1 Å². The number of anilines is 3. The van der Waals surface area contributed by atoms with Crippen molar-refractivity contribution in [1.82, 2.24) is 0 Å². The molecule has 3 nitrogen and oxygen atoms in total. The number of carbonyl (C=O) groups excluding carboxylic acids is 1. The first kappa shape index (κ1) is 16.8. The molecule has 0 aromatic heterocycles. The third-order valence-corrected chi connectivity index (χ3v) is 5.30. The highest BCUT2D eigenvalue weighted by atomic mass is 32.1. The van der Waals surface area contributed by atoms with Crippen LogP contribution in [0.3, 0.4) is 0 Å². The summed E-state index contributed by atoms with van der Waals surface area (Å²) in [5.74, 6) is -0.112. The van der Waals surface area contributed by atoms with Crippen LogP contribution in [0, 0.1) is 0 Å². The summed E-state index contributed by atoms with van der Waals surface area (Å²) in [6.45, 7) is 4.23. The monoisotopic (exact) mass is 376 g/mol. The van der Waals surface area contributed by atoms with Crippen molar-refractivity contribution in [2.24, 2.45) is 0 Å². The van der Waals surface area contributed by atoms with Crippen LogP contribution in [-0.4, -0.2) is 5.78 Å². The van der Waals surface area contributed by atoms with Crippen molar-refractivity contribution in [3.8, 4) is 0 Å². The number of hydrogen-bond acceptors (Lipinski definition) is 5. The fourth-order valence-corrected chi connectivity index (χ4v) is 3.73. The van der Waals surface area contributed by atoms with Gasteiger partial charge in [0.05, 0.1) is 16.9 Å². The van der Waals surface area contributed by atoms with Crippen molar-refractivity contribution in [3.05, 3.63) is 83.4 Å². The molecule has 0 heterocycles. The van der Waals surface area contributed by atoms with Gasteiger partial charge in [-0.25, -0.2) is 0 Å². The number of nitrogens with two attached hydrogens (primary N) is 1.